The average Bonchev–Trinajstić information content (AvgIpc) is 3.06. The molecule has 2 N–H and O–H groups in total. The normalized spacial score (nSPS) is 32.5. The van der Waals surface area contributed by atoms with E-state index in [1.807, 2.05) is 30.3 Å². The van der Waals surface area contributed by atoms with E-state index in [0.717, 1.165) is 10.5 Å². The van der Waals surface area contributed by atoms with E-state index >= 15 is 0 Å². The van der Waals surface area contributed by atoms with Gasteiger partial charge in [0, 0.05) is 24.8 Å². The van der Waals surface area contributed by atoms with Gasteiger partial charge < -0.3 is 19.8 Å². The fourth-order valence-electron chi connectivity index (χ4n) is 5.46. The van der Waals surface area contributed by atoms with Crippen LogP contribution in [0.2, 0.25) is 0 Å². The van der Waals surface area contributed by atoms with Crippen LogP contribution in [0.5, 0.6) is 0 Å². The number of likely N-dealkylation sites (tertiary alicyclic amines) is 1. The van der Waals surface area contributed by atoms with Gasteiger partial charge in [-0.1, -0.05) is 35.5 Å². The van der Waals surface area contributed by atoms with Crippen LogP contribution in [-0.2, 0) is 30.6 Å². The van der Waals surface area contributed by atoms with E-state index in [9.17, 15) is 24.6 Å². The summed E-state index contributed by atoms with van der Waals surface area (Å²) in [7, 11) is 0. The number of oxime groups is 1. The minimum absolute atomic E-state index is 0.0410. The van der Waals surface area contributed by atoms with E-state index in [1.54, 1.807) is 6.92 Å². The molecule has 4 rings (SSSR count). The number of hydrogen-bond donors (Lipinski definition) is 2. The molecule has 178 valence electrons. The van der Waals surface area contributed by atoms with Crippen molar-refractivity contribution in [2.45, 2.75) is 51.4 Å². The van der Waals surface area contributed by atoms with E-state index in [2.05, 4.69) is 5.16 Å². The molecule has 0 bridgehead atoms. The van der Waals surface area contributed by atoms with Gasteiger partial charge in [0.05, 0.1) is 42.8 Å². The van der Waals surface area contributed by atoms with Crippen molar-refractivity contribution >= 4 is 23.5 Å². The van der Waals surface area contributed by atoms with Gasteiger partial charge in [0.25, 0.3) is 0 Å². The summed E-state index contributed by atoms with van der Waals surface area (Å²) in [5, 5.41) is 25.6. The van der Waals surface area contributed by atoms with Crippen molar-refractivity contribution < 1.29 is 34.2 Å². The molecule has 0 spiro atoms. The first kappa shape index (κ1) is 23.4. The van der Waals surface area contributed by atoms with Gasteiger partial charge in [-0.2, -0.15) is 0 Å². The summed E-state index contributed by atoms with van der Waals surface area (Å²) in [4.78, 5) is 44.6. The van der Waals surface area contributed by atoms with Crippen LogP contribution in [0.15, 0.2) is 35.5 Å². The highest BCUT2D eigenvalue weighted by atomic mass is 16.6. The highest BCUT2D eigenvalue weighted by Crippen LogP contribution is 2.49. The highest BCUT2D eigenvalue weighted by Gasteiger charge is 2.59. The number of amides is 2. The van der Waals surface area contributed by atoms with Crippen LogP contribution in [0.3, 0.4) is 0 Å². The number of esters is 1. The number of hydrogen-bond acceptors (Lipinski definition) is 8. The second-order valence-electron chi connectivity index (χ2n) is 8.88. The Bertz CT molecular complexity index is 919. The lowest BCUT2D eigenvalue weighted by molar-refractivity contribution is -0.145. The molecule has 3 aliphatic rings. The van der Waals surface area contributed by atoms with E-state index in [-0.39, 0.29) is 44.4 Å². The second-order valence-corrected chi connectivity index (χ2v) is 8.88. The molecule has 1 aromatic rings. The molecular weight excluding hydrogens is 428 g/mol. The topological polar surface area (TPSA) is 126 Å². The standard InChI is InChI=1S/C24H30N2O7/c1-2-32-19(28)10-11-26-23(30)16-9-8-15-17(25-33-13-14-6-4-3-5-7-14)12-18(27)22(29)20(15)21(16)24(26)31/h3-7,15-16,18,20-22,27,29H,2,8-13H2,1H3/b25-17+/t15-,16+,18+,20-,21+,22+/m0/s1. The molecule has 2 amide bonds. The van der Waals surface area contributed by atoms with Gasteiger partial charge in [0.15, 0.2) is 0 Å². The zero-order valence-corrected chi connectivity index (χ0v) is 18.6. The smallest absolute Gasteiger partial charge is 0.307 e. The first-order chi connectivity index (χ1) is 15.9. The number of carbonyl (C=O) groups excluding carboxylic acids is 3. The third-order valence-corrected chi connectivity index (χ3v) is 6.97. The van der Waals surface area contributed by atoms with Crippen molar-refractivity contribution in [1.82, 2.24) is 4.90 Å². The van der Waals surface area contributed by atoms with Crippen molar-refractivity contribution in [1.29, 1.82) is 0 Å². The van der Waals surface area contributed by atoms with Crippen molar-refractivity contribution in [2.24, 2.45) is 28.8 Å². The molecule has 2 aliphatic carbocycles. The van der Waals surface area contributed by atoms with Gasteiger partial charge in [0.1, 0.15) is 6.61 Å². The zero-order valence-electron chi connectivity index (χ0n) is 18.6. The maximum atomic E-state index is 13.2. The molecule has 1 saturated heterocycles. The first-order valence-corrected chi connectivity index (χ1v) is 11.5. The zero-order chi connectivity index (χ0) is 23.5. The van der Waals surface area contributed by atoms with Crippen molar-refractivity contribution in [3.63, 3.8) is 0 Å². The fourth-order valence-corrected chi connectivity index (χ4v) is 5.46. The minimum Gasteiger partial charge on any atom is -0.466 e. The number of rotatable bonds is 7. The predicted octanol–water partition coefficient (Wildman–Crippen LogP) is 1.27. The summed E-state index contributed by atoms with van der Waals surface area (Å²) in [5.74, 6) is -3.39. The van der Waals surface area contributed by atoms with Crippen LogP contribution in [0.25, 0.3) is 0 Å². The molecule has 1 aliphatic heterocycles. The molecule has 0 unspecified atom stereocenters. The summed E-state index contributed by atoms with van der Waals surface area (Å²) in [5.41, 5.74) is 1.56. The van der Waals surface area contributed by atoms with Crippen molar-refractivity contribution in [3.05, 3.63) is 35.9 Å². The average molecular weight is 459 g/mol. The minimum atomic E-state index is -1.14. The Hall–Kier alpha value is -2.78. The van der Waals surface area contributed by atoms with Gasteiger partial charge in [-0.15, -0.1) is 0 Å². The van der Waals surface area contributed by atoms with E-state index in [0.29, 0.717) is 18.6 Å². The highest BCUT2D eigenvalue weighted by molar-refractivity contribution is 6.06. The summed E-state index contributed by atoms with van der Waals surface area (Å²) < 4.78 is 4.90. The Kier molecular flexibility index (Phi) is 7.09. The van der Waals surface area contributed by atoms with Gasteiger partial charge in [-0.3, -0.25) is 19.3 Å². The Balaban J connectivity index is 1.50. The molecule has 1 heterocycles. The number of aliphatic hydroxyl groups excluding tert-OH is 2. The second kappa shape index (κ2) is 10.0. The largest absolute Gasteiger partial charge is 0.466 e. The Morgan fingerprint density at radius 3 is 2.58 bits per heavy atom. The first-order valence-electron chi connectivity index (χ1n) is 11.5. The maximum absolute atomic E-state index is 13.2. The fraction of sp³-hybridized carbons (Fsp3) is 0.583. The molecule has 33 heavy (non-hydrogen) atoms. The number of carbonyl (C=O) groups is 3. The van der Waals surface area contributed by atoms with Crippen LogP contribution in [0.4, 0.5) is 0 Å². The molecule has 1 aromatic carbocycles. The van der Waals surface area contributed by atoms with Crippen LogP contribution < -0.4 is 0 Å². The molecule has 6 atom stereocenters. The quantitative estimate of drug-likeness (QED) is 0.358. The Morgan fingerprint density at radius 2 is 1.85 bits per heavy atom. The summed E-state index contributed by atoms with van der Waals surface area (Å²) >= 11 is 0. The number of imide groups is 1. The molecule has 2 saturated carbocycles. The number of benzene rings is 1. The Labute approximate surface area is 192 Å². The summed E-state index contributed by atoms with van der Waals surface area (Å²) in [6.45, 7) is 2.15. The van der Waals surface area contributed by atoms with Gasteiger partial charge in [-0.25, -0.2) is 0 Å². The molecule has 3 fully saturated rings. The lowest BCUT2D eigenvalue weighted by atomic mass is 9.60. The van der Waals surface area contributed by atoms with E-state index in [1.165, 1.54) is 0 Å². The Morgan fingerprint density at radius 1 is 1.12 bits per heavy atom. The van der Waals surface area contributed by atoms with Gasteiger partial charge in [0.2, 0.25) is 11.8 Å². The van der Waals surface area contributed by atoms with Crippen LogP contribution >= 0.6 is 0 Å². The molecule has 9 heteroatoms. The molecule has 0 radical (unpaired) electrons. The van der Waals surface area contributed by atoms with E-state index in [4.69, 9.17) is 9.57 Å². The van der Waals surface area contributed by atoms with Gasteiger partial charge in [-0.05, 0) is 25.3 Å². The van der Waals surface area contributed by atoms with E-state index < -0.39 is 41.8 Å². The van der Waals surface area contributed by atoms with Crippen molar-refractivity contribution in [2.75, 3.05) is 13.2 Å². The van der Waals surface area contributed by atoms with Crippen LogP contribution in [0.1, 0.15) is 38.2 Å². The lowest BCUT2D eigenvalue weighted by Crippen LogP contribution is -2.54. The molecular formula is C24H30N2O7. The molecule has 9 nitrogen and oxygen atoms in total. The van der Waals surface area contributed by atoms with Crippen LogP contribution in [-0.4, -0.2) is 64.0 Å². The maximum Gasteiger partial charge on any atom is 0.307 e. The lowest BCUT2D eigenvalue weighted by Gasteiger charge is -2.45. The number of fused-ring (bicyclic) bond motifs is 3. The summed E-state index contributed by atoms with van der Waals surface area (Å²) in [6, 6.07) is 9.55. The third-order valence-electron chi connectivity index (χ3n) is 6.97. The number of ether oxygens (including phenoxy) is 1. The van der Waals surface area contributed by atoms with Crippen LogP contribution in [0, 0.1) is 23.7 Å². The monoisotopic (exact) mass is 458 g/mol. The van der Waals surface area contributed by atoms with Gasteiger partial charge >= 0.3 is 5.97 Å². The predicted molar refractivity (Wildman–Crippen MR) is 116 cm³/mol. The van der Waals surface area contributed by atoms with Crippen molar-refractivity contribution in [3.8, 4) is 0 Å². The number of aliphatic hydroxyl groups is 2. The summed E-state index contributed by atoms with van der Waals surface area (Å²) in [6.07, 6.45) is -1.10. The third kappa shape index (κ3) is 4.65. The SMILES string of the molecule is CCOC(=O)CCN1C(=O)[C@H]2[C@H]3[C@H](O)[C@H](O)C/C(=N\OCc4ccccc4)[C@@H]3CC[C@H]2C1=O. The number of nitrogens with zero attached hydrogens (tertiary/aromatic N) is 2. The molecule has 0 aromatic heterocycles.